The summed E-state index contributed by atoms with van der Waals surface area (Å²) in [5.41, 5.74) is 2.33. The van der Waals surface area contributed by atoms with Crippen LogP contribution >= 0.6 is 11.6 Å². The van der Waals surface area contributed by atoms with Crippen molar-refractivity contribution < 1.29 is 18.3 Å². The molecule has 0 unspecified atom stereocenters. The Morgan fingerprint density at radius 1 is 1.43 bits per heavy atom. The molecule has 3 aromatic heterocycles. The first kappa shape index (κ1) is 18.8. The van der Waals surface area contributed by atoms with Gasteiger partial charge >= 0.3 is 6.09 Å². The Hall–Kier alpha value is -2.59. The van der Waals surface area contributed by atoms with Crippen LogP contribution in [0.25, 0.3) is 16.9 Å². The molecule has 4 rings (SSSR count). The van der Waals surface area contributed by atoms with Gasteiger partial charge in [0, 0.05) is 36.3 Å². The van der Waals surface area contributed by atoms with Crippen molar-refractivity contribution in [2.24, 2.45) is 7.05 Å². The number of carboxylic acid groups (broad SMARTS) is 1. The predicted molar refractivity (Wildman–Crippen MR) is 103 cm³/mol. The van der Waals surface area contributed by atoms with Crippen molar-refractivity contribution in [3.8, 4) is 5.82 Å². The minimum atomic E-state index is -3.95. The van der Waals surface area contributed by atoms with Crippen molar-refractivity contribution in [3.63, 3.8) is 0 Å². The molecule has 0 atom stereocenters. The lowest BCUT2D eigenvalue weighted by Gasteiger charge is -2.10. The van der Waals surface area contributed by atoms with E-state index in [2.05, 4.69) is 10.1 Å². The lowest BCUT2D eigenvalue weighted by atomic mass is 10.1. The average Bonchev–Trinajstić information content (AvgIpc) is 3.28. The Morgan fingerprint density at radius 3 is 2.86 bits per heavy atom. The smallest absolute Gasteiger partial charge is 0.418 e. The predicted octanol–water partition coefficient (Wildman–Crippen LogP) is 2.43. The largest absolute Gasteiger partial charge is 0.464 e. The number of halogens is 1. The van der Waals surface area contributed by atoms with Gasteiger partial charge in [-0.25, -0.2) is 22.9 Å². The van der Waals surface area contributed by atoms with Gasteiger partial charge < -0.3 is 5.11 Å². The van der Waals surface area contributed by atoms with E-state index < -0.39 is 16.1 Å². The number of fused-ring (bicyclic) bond motifs is 1. The monoisotopic (exact) mass is 423 g/mol. The topological polar surface area (TPSA) is 119 Å². The minimum Gasteiger partial charge on any atom is -0.464 e. The van der Waals surface area contributed by atoms with Crippen molar-refractivity contribution in [1.29, 1.82) is 0 Å². The molecule has 1 aliphatic rings. The molecular weight excluding hydrogens is 406 g/mol. The summed E-state index contributed by atoms with van der Waals surface area (Å²) < 4.78 is 29.2. The zero-order valence-corrected chi connectivity index (χ0v) is 16.5. The SMILES string of the molecule is Cn1nc(C2CC2)c(CCS(=O)(=O)NC(=O)O)c1-n1ccc2cc(Cl)cnc21. The molecule has 3 aromatic rings. The van der Waals surface area contributed by atoms with E-state index in [9.17, 15) is 13.2 Å². The van der Waals surface area contributed by atoms with E-state index in [4.69, 9.17) is 16.7 Å². The van der Waals surface area contributed by atoms with E-state index in [0.29, 0.717) is 16.6 Å². The second-order valence-corrected chi connectivity index (χ2v) is 9.09. The average molecular weight is 424 g/mol. The van der Waals surface area contributed by atoms with Crippen LogP contribution in [0, 0.1) is 0 Å². The molecular formula is C17H18ClN5O4S. The van der Waals surface area contributed by atoms with E-state index in [1.807, 2.05) is 16.8 Å². The van der Waals surface area contributed by atoms with Crippen LogP contribution in [-0.2, 0) is 23.5 Å². The van der Waals surface area contributed by atoms with E-state index in [1.165, 1.54) is 0 Å². The van der Waals surface area contributed by atoms with Crippen molar-refractivity contribution in [1.82, 2.24) is 24.1 Å². The first-order chi connectivity index (χ1) is 13.2. The maximum absolute atomic E-state index is 12.0. The highest BCUT2D eigenvalue weighted by Crippen LogP contribution is 2.42. The summed E-state index contributed by atoms with van der Waals surface area (Å²) in [6.45, 7) is 0. The van der Waals surface area contributed by atoms with Gasteiger partial charge in [-0.05, 0) is 31.4 Å². The van der Waals surface area contributed by atoms with Crippen LogP contribution in [0.15, 0.2) is 24.5 Å². The van der Waals surface area contributed by atoms with Gasteiger partial charge in [0.2, 0.25) is 10.0 Å². The first-order valence-corrected chi connectivity index (χ1v) is 10.7. The number of carbonyl (C=O) groups is 1. The number of hydrogen-bond acceptors (Lipinski definition) is 5. The third kappa shape index (κ3) is 3.57. The number of sulfonamides is 1. The molecule has 0 radical (unpaired) electrons. The van der Waals surface area contributed by atoms with E-state index in [-0.39, 0.29) is 12.2 Å². The molecule has 0 aliphatic heterocycles. The summed E-state index contributed by atoms with van der Waals surface area (Å²) in [5, 5.41) is 14.7. The summed E-state index contributed by atoms with van der Waals surface area (Å²) in [6, 6.07) is 3.68. The maximum Gasteiger partial charge on any atom is 0.418 e. The van der Waals surface area contributed by atoms with Gasteiger partial charge in [-0.3, -0.25) is 9.25 Å². The number of pyridine rings is 1. The van der Waals surface area contributed by atoms with Gasteiger partial charge in [-0.2, -0.15) is 5.10 Å². The molecule has 9 nitrogen and oxygen atoms in total. The number of rotatable bonds is 6. The summed E-state index contributed by atoms with van der Waals surface area (Å²) in [5.74, 6) is 0.669. The number of nitrogens with one attached hydrogen (secondary N) is 1. The van der Waals surface area contributed by atoms with Gasteiger partial charge in [-0.15, -0.1) is 0 Å². The van der Waals surface area contributed by atoms with Gasteiger partial charge in [-0.1, -0.05) is 11.6 Å². The van der Waals surface area contributed by atoms with Crippen LogP contribution in [0.3, 0.4) is 0 Å². The zero-order chi connectivity index (χ0) is 20.1. The number of aromatic nitrogens is 4. The molecule has 0 saturated heterocycles. The van der Waals surface area contributed by atoms with Crippen molar-refractivity contribution in [3.05, 3.63) is 40.8 Å². The Balaban J connectivity index is 1.78. The van der Waals surface area contributed by atoms with Crippen LogP contribution in [0.2, 0.25) is 5.02 Å². The van der Waals surface area contributed by atoms with Crippen molar-refractivity contribution in [2.75, 3.05) is 5.75 Å². The normalized spacial score (nSPS) is 14.5. The lowest BCUT2D eigenvalue weighted by Crippen LogP contribution is -2.31. The van der Waals surface area contributed by atoms with E-state index >= 15 is 0 Å². The number of aryl methyl sites for hydroxylation is 1. The molecule has 1 saturated carbocycles. The second-order valence-electron chi connectivity index (χ2n) is 6.81. The quantitative estimate of drug-likeness (QED) is 0.628. The highest BCUT2D eigenvalue weighted by atomic mass is 35.5. The first-order valence-electron chi connectivity index (χ1n) is 8.67. The van der Waals surface area contributed by atoms with Crippen molar-refractivity contribution in [2.45, 2.75) is 25.2 Å². The summed E-state index contributed by atoms with van der Waals surface area (Å²) in [6.07, 6.45) is 3.96. The fourth-order valence-electron chi connectivity index (χ4n) is 3.39. The molecule has 1 aliphatic carbocycles. The molecule has 2 N–H and O–H groups in total. The van der Waals surface area contributed by atoms with Crippen LogP contribution in [-0.4, -0.2) is 44.7 Å². The molecule has 148 valence electrons. The molecule has 3 heterocycles. The molecule has 11 heteroatoms. The van der Waals surface area contributed by atoms with Crippen LogP contribution in [0.5, 0.6) is 0 Å². The molecule has 0 aromatic carbocycles. The van der Waals surface area contributed by atoms with Crippen molar-refractivity contribution >= 4 is 38.8 Å². The van der Waals surface area contributed by atoms with Gasteiger partial charge in [0.05, 0.1) is 16.5 Å². The Bertz CT molecular complexity index is 1180. The third-order valence-electron chi connectivity index (χ3n) is 4.69. The molecule has 1 fully saturated rings. The number of amides is 1. The lowest BCUT2D eigenvalue weighted by molar-refractivity contribution is 0.201. The maximum atomic E-state index is 12.0. The minimum absolute atomic E-state index is 0.144. The molecule has 1 amide bonds. The zero-order valence-electron chi connectivity index (χ0n) is 15.0. The molecule has 28 heavy (non-hydrogen) atoms. The third-order valence-corrected chi connectivity index (χ3v) is 6.13. The molecule has 0 spiro atoms. The van der Waals surface area contributed by atoms with Gasteiger partial charge in [0.15, 0.2) is 0 Å². The Morgan fingerprint density at radius 2 is 2.18 bits per heavy atom. The summed E-state index contributed by atoms with van der Waals surface area (Å²) in [7, 11) is -2.15. The highest BCUT2D eigenvalue weighted by Gasteiger charge is 2.32. The van der Waals surface area contributed by atoms with E-state index in [1.54, 1.807) is 28.7 Å². The fourth-order valence-corrected chi connectivity index (χ4v) is 4.40. The fraction of sp³-hybridized carbons (Fsp3) is 0.353. The number of hydrogen-bond donors (Lipinski definition) is 2. The Labute approximate surface area is 166 Å². The van der Waals surface area contributed by atoms with E-state index in [0.717, 1.165) is 35.3 Å². The van der Waals surface area contributed by atoms with Gasteiger partial charge in [0.1, 0.15) is 11.5 Å². The summed E-state index contributed by atoms with van der Waals surface area (Å²) in [4.78, 5) is 15.1. The highest BCUT2D eigenvalue weighted by molar-refractivity contribution is 7.90. The van der Waals surface area contributed by atoms with Crippen LogP contribution < -0.4 is 4.72 Å². The summed E-state index contributed by atoms with van der Waals surface area (Å²) >= 11 is 6.02. The Kier molecular flexibility index (Phi) is 4.54. The molecule has 0 bridgehead atoms. The van der Waals surface area contributed by atoms with Crippen LogP contribution in [0.4, 0.5) is 4.79 Å². The number of nitrogens with zero attached hydrogens (tertiary/aromatic N) is 4. The standard InChI is InChI=1S/C17H18ClN5O4S/c1-22-16(23-6-4-11-8-12(18)9-19-15(11)23)13(14(20-22)10-2-3-10)5-7-28(26,27)21-17(24)25/h4,6,8-10,21H,2-3,5,7H2,1H3,(H,24,25). The van der Waals surface area contributed by atoms with Crippen LogP contribution in [0.1, 0.15) is 30.0 Å². The van der Waals surface area contributed by atoms with Gasteiger partial charge in [0.25, 0.3) is 0 Å². The second kappa shape index (κ2) is 6.78.